The van der Waals surface area contributed by atoms with Crippen LogP contribution in [0.15, 0.2) is 30.5 Å². The van der Waals surface area contributed by atoms with Crippen LogP contribution in [0, 0.1) is 5.82 Å². The lowest BCUT2D eigenvalue weighted by Crippen LogP contribution is -2.37. The van der Waals surface area contributed by atoms with Crippen molar-refractivity contribution in [2.24, 2.45) is 0 Å². The molecule has 1 aromatic carbocycles. The second-order valence-corrected chi connectivity index (χ2v) is 5.92. The van der Waals surface area contributed by atoms with Crippen LogP contribution in [0.2, 0.25) is 0 Å². The molecule has 2 aromatic rings. The zero-order valence-electron chi connectivity index (χ0n) is 13.1. The topological polar surface area (TPSA) is 58.6 Å². The highest BCUT2D eigenvalue weighted by Gasteiger charge is 2.30. The number of carbonyl (C=O) groups is 1. The van der Waals surface area contributed by atoms with Crippen molar-refractivity contribution in [2.45, 2.75) is 13.1 Å². The number of anilines is 1. The Labute approximate surface area is 138 Å². The number of hydrogen-bond donors (Lipinski definition) is 0. The highest BCUT2D eigenvalue weighted by atomic mass is 19.1. The molecule has 0 spiro atoms. The van der Waals surface area contributed by atoms with E-state index in [1.54, 1.807) is 23.2 Å². The van der Waals surface area contributed by atoms with E-state index in [1.165, 1.54) is 12.1 Å². The van der Waals surface area contributed by atoms with Gasteiger partial charge in [0.1, 0.15) is 5.82 Å². The molecule has 0 radical (unpaired) electrons. The third-order valence-electron chi connectivity index (χ3n) is 4.29. The summed E-state index contributed by atoms with van der Waals surface area (Å²) in [5.41, 5.74) is 2.19. The monoisotopic (exact) mass is 328 g/mol. The van der Waals surface area contributed by atoms with E-state index in [0.717, 1.165) is 24.3 Å². The Morgan fingerprint density at radius 1 is 1.17 bits per heavy atom. The average Bonchev–Trinajstić information content (AvgIpc) is 2.93. The number of rotatable bonds is 3. The van der Waals surface area contributed by atoms with Crippen LogP contribution >= 0.6 is 0 Å². The molecular weight excluding hydrogens is 311 g/mol. The predicted octanol–water partition coefficient (Wildman–Crippen LogP) is 1.61. The summed E-state index contributed by atoms with van der Waals surface area (Å²) in [6, 6.07) is 6.19. The van der Waals surface area contributed by atoms with Crippen molar-refractivity contribution in [3.8, 4) is 0 Å². The maximum absolute atomic E-state index is 13.0. The van der Waals surface area contributed by atoms with E-state index < -0.39 is 0 Å². The van der Waals surface area contributed by atoms with Crippen LogP contribution in [0.5, 0.6) is 0 Å². The van der Waals surface area contributed by atoms with Gasteiger partial charge in [0.2, 0.25) is 5.95 Å². The van der Waals surface area contributed by atoms with Gasteiger partial charge >= 0.3 is 0 Å². The first-order valence-electron chi connectivity index (χ1n) is 7.93. The van der Waals surface area contributed by atoms with Gasteiger partial charge in [-0.3, -0.25) is 4.79 Å². The summed E-state index contributed by atoms with van der Waals surface area (Å²) in [7, 11) is 0. The number of aromatic nitrogens is 2. The van der Waals surface area contributed by atoms with Crippen molar-refractivity contribution >= 4 is 11.9 Å². The molecule has 0 aliphatic carbocycles. The van der Waals surface area contributed by atoms with Crippen molar-refractivity contribution in [2.75, 3.05) is 31.2 Å². The molecular formula is C17H17FN4O2. The zero-order valence-corrected chi connectivity index (χ0v) is 13.1. The quantitative estimate of drug-likeness (QED) is 0.857. The summed E-state index contributed by atoms with van der Waals surface area (Å²) < 4.78 is 18.3. The van der Waals surface area contributed by atoms with Gasteiger partial charge in [0.15, 0.2) is 0 Å². The average molecular weight is 328 g/mol. The number of benzene rings is 1. The van der Waals surface area contributed by atoms with Crippen molar-refractivity contribution in [1.29, 1.82) is 0 Å². The number of amides is 1. The molecule has 7 heteroatoms. The Kier molecular flexibility index (Phi) is 3.86. The van der Waals surface area contributed by atoms with Crippen molar-refractivity contribution in [1.82, 2.24) is 14.9 Å². The summed E-state index contributed by atoms with van der Waals surface area (Å²) in [6.07, 6.45) is 1.61. The standard InChI is InChI=1S/C17H17FN4O2/c18-13-3-1-12(2-4-13)10-22-11-15-14(16(22)23)9-19-17(20-15)21-5-7-24-8-6-21/h1-4,9H,5-8,10-11H2. The molecule has 2 aliphatic heterocycles. The first kappa shape index (κ1) is 15.0. The van der Waals surface area contributed by atoms with Crippen molar-refractivity contribution in [3.05, 3.63) is 53.1 Å². The number of carbonyl (C=O) groups excluding carboxylic acids is 1. The maximum Gasteiger partial charge on any atom is 0.258 e. The van der Waals surface area contributed by atoms with Crippen LogP contribution in [0.1, 0.15) is 21.6 Å². The Bertz CT molecular complexity index is 760. The number of morpholine rings is 1. The van der Waals surface area contributed by atoms with E-state index in [2.05, 4.69) is 14.9 Å². The highest BCUT2D eigenvalue weighted by molar-refractivity contribution is 5.97. The normalized spacial score (nSPS) is 17.3. The number of nitrogens with zero attached hydrogens (tertiary/aromatic N) is 4. The van der Waals surface area contributed by atoms with E-state index in [4.69, 9.17) is 4.74 Å². The molecule has 0 saturated carbocycles. The molecule has 1 amide bonds. The molecule has 0 bridgehead atoms. The van der Waals surface area contributed by atoms with Crippen molar-refractivity contribution in [3.63, 3.8) is 0 Å². The molecule has 3 heterocycles. The molecule has 1 saturated heterocycles. The molecule has 4 rings (SSSR count). The molecule has 124 valence electrons. The first-order valence-corrected chi connectivity index (χ1v) is 7.93. The fourth-order valence-corrected chi connectivity index (χ4v) is 2.98. The first-order chi connectivity index (χ1) is 11.7. The van der Waals surface area contributed by atoms with Crippen LogP contribution in [0.3, 0.4) is 0 Å². The van der Waals surface area contributed by atoms with Gasteiger partial charge in [-0.25, -0.2) is 14.4 Å². The lowest BCUT2D eigenvalue weighted by atomic mass is 10.2. The van der Waals surface area contributed by atoms with Gasteiger partial charge < -0.3 is 14.5 Å². The minimum atomic E-state index is -0.282. The summed E-state index contributed by atoms with van der Waals surface area (Å²) in [4.78, 5) is 25.2. The lowest BCUT2D eigenvalue weighted by Gasteiger charge is -2.26. The van der Waals surface area contributed by atoms with Gasteiger partial charge in [-0.2, -0.15) is 0 Å². The molecule has 0 N–H and O–H groups in total. The fraction of sp³-hybridized carbons (Fsp3) is 0.353. The molecule has 1 fully saturated rings. The van der Waals surface area contributed by atoms with E-state index in [0.29, 0.717) is 37.8 Å². The SMILES string of the molecule is O=C1c2cnc(N3CCOCC3)nc2CN1Cc1ccc(F)cc1. The smallest absolute Gasteiger partial charge is 0.258 e. The molecule has 6 nitrogen and oxygen atoms in total. The molecule has 0 unspecified atom stereocenters. The van der Waals surface area contributed by atoms with E-state index >= 15 is 0 Å². The number of hydrogen-bond acceptors (Lipinski definition) is 5. The summed E-state index contributed by atoms with van der Waals surface area (Å²) in [6.45, 7) is 3.72. The summed E-state index contributed by atoms with van der Waals surface area (Å²) in [5, 5.41) is 0. The molecule has 1 aromatic heterocycles. The van der Waals surface area contributed by atoms with Crippen LogP contribution in [0.25, 0.3) is 0 Å². The predicted molar refractivity (Wildman–Crippen MR) is 85.0 cm³/mol. The highest BCUT2D eigenvalue weighted by Crippen LogP contribution is 2.24. The number of fused-ring (bicyclic) bond motifs is 1. The Hall–Kier alpha value is -2.54. The molecule has 0 atom stereocenters. The van der Waals surface area contributed by atoms with E-state index in [-0.39, 0.29) is 11.7 Å². The van der Waals surface area contributed by atoms with Crippen LogP contribution < -0.4 is 4.90 Å². The van der Waals surface area contributed by atoms with Crippen LogP contribution in [-0.2, 0) is 17.8 Å². The van der Waals surface area contributed by atoms with Gasteiger partial charge in [-0.05, 0) is 17.7 Å². The minimum absolute atomic E-state index is 0.0807. The van der Waals surface area contributed by atoms with Gasteiger partial charge in [-0.1, -0.05) is 12.1 Å². The minimum Gasteiger partial charge on any atom is -0.378 e. The maximum atomic E-state index is 13.0. The lowest BCUT2D eigenvalue weighted by molar-refractivity contribution is 0.0766. The summed E-state index contributed by atoms with van der Waals surface area (Å²) >= 11 is 0. The van der Waals surface area contributed by atoms with Gasteiger partial charge in [0, 0.05) is 25.8 Å². The summed E-state index contributed by atoms with van der Waals surface area (Å²) in [5.74, 6) is 0.284. The van der Waals surface area contributed by atoms with Crippen molar-refractivity contribution < 1.29 is 13.9 Å². The van der Waals surface area contributed by atoms with E-state index in [1.807, 2.05) is 0 Å². The van der Waals surface area contributed by atoms with Crippen LogP contribution in [-0.4, -0.2) is 47.1 Å². The zero-order chi connectivity index (χ0) is 16.5. The van der Waals surface area contributed by atoms with Crippen LogP contribution in [0.4, 0.5) is 10.3 Å². The second-order valence-electron chi connectivity index (χ2n) is 5.92. The second kappa shape index (κ2) is 6.16. The Morgan fingerprint density at radius 3 is 2.67 bits per heavy atom. The van der Waals surface area contributed by atoms with Gasteiger partial charge in [0.25, 0.3) is 5.91 Å². The molecule has 24 heavy (non-hydrogen) atoms. The number of halogens is 1. The Balaban J connectivity index is 1.52. The third kappa shape index (κ3) is 2.82. The Morgan fingerprint density at radius 2 is 1.92 bits per heavy atom. The largest absolute Gasteiger partial charge is 0.378 e. The fourth-order valence-electron chi connectivity index (χ4n) is 2.98. The van der Waals surface area contributed by atoms with Gasteiger partial charge in [0.05, 0.1) is 31.0 Å². The van der Waals surface area contributed by atoms with Gasteiger partial charge in [-0.15, -0.1) is 0 Å². The van der Waals surface area contributed by atoms with E-state index in [9.17, 15) is 9.18 Å². The third-order valence-corrected chi connectivity index (χ3v) is 4.29. The number of ether oxygens (including phenoxy) is 1. The molecule has 2 aliphatic rings.